The van der Waals surface area contributed by atoms with Gasteiger partial charge in [0.1, 0.15) is 17.8 Å². The number of halogens is 1. The van der Waals surface area contributed by atoms with E-state index in [0.29, 0.717) is 46.4 Å². The molecule has 10 heteroatoms. The molecule has 2 atom stereocenters. The average molecular weight is 541 g/mol. The Morgan fingerprint density at radius 1 is 1.30 bits per heavy atom. The van der Waals surface area contributed by atoms with E-state index in [4.69, 9.17) is 9.15 Å². The van der Waals surface area contributed by atoms with Crippen molar-refractivity contribution in [2.75, 3.05) is 12.0 Å². The molecule has 2 aromatic rings. The highest BCUT2D eigenvalue weighted by Crippen LogP contribution is 2.38. The molecule has 33 heavy (non-hydrogen) atoms. The number of aliphatic hydroxyl groups is 1. The highest BCUT2D eigenvalue weighted by Gasteiger charge is 2.29. The Kier molecular flexibility index (Phi) is 11.0. The molecule has 1 heterocycles. The van der Waals surface area contributed by atoms with Crippen LogP contribution >= 0.6 is 27.7 Å². The Morgan fingerprint density at radius 2 is 2.06 bits per heavy atom. The second-order valence-electron chi connectivity index (χ2n) is 7.82. The van der Waals surface area contributed by atoms with Crippen molar-refractivity contribution in [3.63, 3.8) is 0 Å². The minimum Gasteiger partial charge on any atom is -0.464 e. The second kappa shape index (κ2) is 13.4. The van der Waals surface area contributed by atoms with E-state index in [1.54, 1.807) is 36.0 Å². The number of hydrogen-bond acceptors (Lipinski definition) is 7. The summed E-state index contributed by atoms with van der Waals surface area (Å²) >= 11 is 4.96. The van der Waals surface area contributed by atoms with Gasteiger partial charge < -0.3 is 24.9 Å². The lowest BCUT2D eigenvalue weighted by molar-refractivity contribution is -0.140. The number of carbonyl (C=O) groups is 3. The molecule has 1 aromatic carbocycles. The Morgan fingerprint density at radius 3 is 2.64 bits per heavy atom. The maximum absolute atomic E-state index is 13.2. The fourth-order valence-corrected chi connectivity index (χ4v) is 4.26. The maximum Gasteiger partial charge on any atom is 0.334 e. The molecule has 2 unspecified atom stereocenters. The molecule has 0 spiro atoms. The Bertz CT molecular complexity index is 935. The summed E-state index contributed by atoms with van der Waals surface area (Å²) in [6.07, 6.45) is 4.67. The monoisotopic (exact) mass is 540 g/mol. The van der Waals surface area contributed by atoms with Gasteiger partial charge in [-0.25, -0.2) is 4.79 Å². The van der Waals surface area contributed by atoms with Crippen molar-refractivity contribution in [1.82, 2.24) is 10.6 Å². The minimum absolute atomic E-state index is 0.0938. The van der Waals surface area contributed by atoms with E-state index < -0.39 is 24.0 Å². The van der Waals surface area contributed by atoms with Gasteiger partial charge in [-0.2, -0.15) is 11.8 Å². The van der Waals surface area contributed by atoms with Crippen LogP contribution in [0.2, 0.25) is 0 Å². The Hall–Kier alpha value is -2.30. The first-order valence-corrected chi connectivity index (χ1v) is 12.7. The number of amides is 2. The number of nitrogens with one attached hydrogen (secondary N) is 2. The largest absolute Gasteiger partial charge is 0.464 e. The lowest BCUT2D eigenvalue weighted by Gasteiger charge is -2.23. The van der Waals surface area contributed by atoms with Gasteiger partial charge in [-0.3, -0.25) is 9.59 Å². The van der Waals surface area contributed by atoms with E-state index in [9.17, 15) is 19.5 Å². The first-order valence-electron chi connectivity index (χ1n) is 10.5. The van der Waals surface area contributed by atoms with E-state index in [-0.39, 0.29) is 18.3 Å². The molecule has 0 bridgehead atoms. The van der Waals surface area contributed by atoms with Crippen molar-refractivity contribution in [2.45, 2.75) is 45.4 Å². The molecule has 180 valence electrons. The van der Waals surface area contributed by atoms with Gasteiger partial charge in [0, 0.05) is 0 Å². The molecule has 8 nitrogen and oxygen atoms in total. The third-order valence-corrected chi connectivity index (χ3v) is 6.01. The van der Waals surface area contributed by atoms with Crippen LogP contribution in [0, 0.1) is 5.92 Å². The molecular weight excluding hydrogens is 512 g/mol. The van der Waals surface area contributed by atoms with E-state index in [2.05, 4.69) is 26.6 Å². The summed E-state index contributed by atoms with van der Waals surface area (Å²) in [7, 11) is 0. The summed E-state index contributed by atoms with van der Waals surface area (Å²) in [6, 6.07) is 5.08. The lowest BCUT2D eigenvalue weighted by Crippen LogP contribution is -2.51. The SMILES string of the molecule is CSCCC(NC=O)C(=O)NC(CC(C)C)C(=O)Oc1c(Br)cc(CO)cc1-c1ccco1. The van der Waals surface area contributed by atoms with E-state index in [0.717, 1.165) is 0 Å². The lowest BCUT2D eigenvalue weighted by atomic mass is 10.0. The zero-order valence-corrected chi connectivity index (χ0v) is 21.2. The zero-order valence-electron chi connectivity index (χ0n) is 18.8. The van der Waals surface area contributed by atoms with Crippen molar-refractivity contribution in [2.24, 2.45) is 5.92 Å². The molecule has 0 radical (unpaired) electrons. The van der Waals surface area contributed by atoms with Gasteiger partial charge >= 0.3 is 5.97 Å². The summed E-state index contributed by atoms with van der Waals surface area (Å²) < 4.78 is 11.7. The Balaban J connectivity index is 2.30. The minimum atomic E-state index is -0.920. The summed E-state index contributed by atoms with van der Waals surface area (Å²) in [5.74, 6) is 0.369. The van der Waals surface area contributed by atoms with E-state index in [1.165, 1.54) is 6.26 Å². The predicted molar refractivity (Wildman–Crippen MR) is 131 cm³/mol. The molecule has 0 aliphatic rings. The average Bonchev–Trinajstić information content (AvgIpc) is 3.31. The van der Waals surface area contributed by atoms with Crippen LogP contribution in [0.1, 0.15) is 32.3 Å². The summed E-state index contributed by atoms with van der Waals surface area (Å²) in [4.78, 5) is 36.9. The van der Waals surface area contributed by atoms with Crippen molar-refractivity contribution in [3.05, 3.63) is 40.6 Å². The van der Waals surface area contributed by atoms with Crippen LogP contribution < -0.4 is 15.4 Å². The molecule has 0 saturated carbocycles. The number of hydrogen-bond donors (Lipinski definition) is 3. The van der Waals surface area contributed by atoms with Crippen molar-refractivity contribution >= 4 is 46.0 Å². The van der Waals surface area contributed by atoms with Crippen LogP contribution in [0.5, 0.6) is 5.75 Å². The van der Waals surface area contributed by atoms with Crippen LogP contribution in [-0.2, 0) is 21.0 Å². The number of benzene rings is 1. The second-order valence-corrected chi connectivity index (χ2v) is 9.66. The fourth-order valence-electron chi connectivity index (χ4n) is 3.20. The molecule has 0 saturated heterocycles. The van der Waals surface area contributed by atoms with E-state index >= 15 is 0 Å². The number of esters is 1. The molecule has 1 aromatic heterocycles. The molecule has 2 rings (SSSR count). The number of furan rings is 1. The van der Waals surface area contributed by atoms with Gasteiger partial charge in [-0.05, 0) is 76.5 Å². The van der Waals surface area contributed by atoms with Crippen molar-refractivity contribution in [1.29, 1.82) is 0 Å². The number of rotatable bonds is 13. The first-order chi connectivity index (χ1) is 15.8. The quantitative estimate of drug-likeness (QED) is 0.202. The predicted octanol–water partition coefficient (Wildman–Crippen LogP) is 3.51. The van der Waals surface area contributed by atoms with Gasteiger partial charge in [0.2, 0.25) is 12.3 Å². The van der Waals surface area contributed by atoms with Gasteiger partial charge in [0.05, 0.1) is 22.9 Å². The summed E-state index contributed by atoms with van der Waals surface area (Å²) in [6.45, 7) is 3.66. The smallest absolute Gasteiger partial charge is 0.334 e. The number of carbonyl (C=O) groups excluding carboxylic acids is 3. The molecular formula is C23H29BrN2O6S. The number of aliphatic hydroxyl groups excluding tert-OH is 1. The molecule has 0 fully saturated rings. The van der Waals surface area contributed by atoms with Gasteiger partial charge in [-0.15, -0.1) is 0 Å². The normalized spacial score (nSPS) is 12.8. The summed E-state index contributed by atoms with van der Waals surface area (Å²) in [5, 5.41) is 14.8. The van der Waals surface area contributed by atoms with Gasteiger partial charge in [-0.1, -0.05) is 13.8 Å². The van der Waals surface area contributed by atoms with Crippen LogP contribution in [0.15, 0.2) is 39.4 Å². The summed E-state index contributed by atoms with van der Waals surface area (Å²) in [5.41, 5.74) is 1.10. The standard InChI is InChI=1S/C23H29BrN2O6S/c1-14(2)9-19(26-22(29)18(25-13-28)6-8-33-3)23(30)32-21-16(20-5-4-7-31-20)10-15(12-27)11-17(21)24/h4-5,7,10-11,13-14,18-19,27H,6,8-9,12H2,1-3H3,(H,25,28)(H,26,29). The third kappa shape index (κ3) is 7.90. The first kappa shape index (κ1) is 26.9. The van der Waals surface area contributed by atoms with Crippen molar-refractivity contribution < 1.29 is 28.6 Å². The molecule has 2 amide bonds. The molecule has 0 aliphatic carbocycles. The van der Waals surface area contributed by atoms with Gasteiger partial charge in [0.25, 0.3) is 0 Å². The maximum atomic E-state index is 13.2. The third-order valence-electron chi connectivity index (χ3n) is 4.78. The highest BCUT2D eigenvalue weighted by atomic mass is 79.9. The number of ether oxygens (including phenoxy) is 1. The van der Waals surface area contributed by atoms with Crippen LogP contribution in [0.4, 0.5) is 0 Å². The van der Waals surface area contributed by atoms with Gasteiger partial charge in [0.15, 0.2) is 5.75 Å². The fraction of sp³-hybridized carbons (Fsp3) is 0.435. The zero-order chi connectivity index (χ0) is 24.4. The van der Waals surface area contributed by atoms with E-state index in [1.807, 2.05) is 20.1 Å². The molecule has 3 N–H and O–H groups in total. The molecule has 0 aliphatic heterocycles. The van der Waals surface area contributed by atoms with Crippen LogP contribution in [-0.4, -0.2) is 47.5 Å². The topological polar surface area (TPSA) is 118 Å². The van der Waals surface area contributed by atoms with Crippen LogP contribution in [0.3, 0.4) is 0 Å². The van der Waals surface area contributed by atoms with Crippen molar-refractivity contribution in [3.8, 4) is 17.1 Å². The number of thioether (sulfide) groups is 1. The Labute approximate surface area is 206 Å². The highest BCUT2D eigenvalue weighted by molar-refractivity contribution is 9.10. The van der Waals surface area contributed by atoms with Crippen LogP contribution in [0.25, 0.3) is 11.3 Å².